The molecule has 0 saturated heterocycles. The Labute approximate surface area is 110 Å². The highest BCUT2D eigenvalue weighted by Gasteiger charge is 2.10. The number of hydrogen-bond acceptors (Lipinski definition) is 1. The molecule has 2 nitrogen and oxygen atoms in total. The van der Waals surface area contributed by atoms with Crippen LogP contribution in [0.3, 0.4) is 0 Å². The number of benzene rings is 2. The van der Waals surface area contributed by atoms with Crippen LogP contribution in [0.5, 0.6) is 0 Å². The molecule has 1 N–H and O–H groups in total. The Morgan fingerprint density at radius 3 is 2.58 bits per heavy atom. The number of aryl methyl sites for hydroxylation is 1. The van der Waals surface area contributed by atoms with Crippen molar-refractivity contribution in [2.24, 2.45) is 0 Å². The Hall–Kier alpha value is -2.23. The molecule has 0 heterocycles. The lowest BCUT2D eigenvalue weighted by atomic mass is 10.1. The molecule has 2 aromatic rings. The molecule has 98 valence electrons. The molecule has 0 spiro atoms. The van der Waals surface area contributed by atoms with E-state index in [4.69, 9.17) is 0 Å². The van der Waals surface area contributed by atoms with Crippen molar-refractivity contribution in [2.75, 3.05) is 5.32 Å². The van der Waals surface area contributed by atoms with Gasteiger partial charge in [0.1, 0.15) is 11.6 Å². The zero-order chi connectivity index (χ0) is 13.8. The van der Waals surface area contributed by atoms with E-state index in [1.165, 1.54) is 6.07 Å². The molecule has 4 heteroatoms. The molecule has 0 aliphatic rings. The lowest BCUT2D eigenvalue weighted by Gasteiger charge is -2.08. The first-order chi connectivity index (χ1) is 9.06. The van der Waals surface area contributed by atoms with E-state index in [0.29, 0.717) is 5.69 Å². The van der Waals surface area contributed by atoms with Crippen LogP contribution in [-0.4, -0.2) is 5.91 Å². The number of nitrogens with one attached hydrogen (secondary N) is 1. The maximum absolute atomic E-state index is 13.4. The van der Waals surface area contributed by atoms with Gasteiger partial charge in [0.2, 0.25) is 5.91 Å². The van der Waals surface area contributed by atoms with E-state index in [0.717, 1.165) is 17.7 Å². The molecular formula is C15H13F2NO. The smallest absolute Gasteiger partial charge is 0.228 e. The van der Waals surface area contributed by atoms with Crippen molar-refractivity contribution in [3.8, 4) is 0 Å². The van der Waals surface area contributed by atoms with Crippen LogP contribution in [0.25, 0.3) is 0 Å². The van der Waals surface area contributed by atoms with Gasteiger partial charge in [-0.1, -0.05) is 24.3 Å². The van der Waals surface area contributed by atoms with Crippen LogP contribution in [0, 0.1) is 18.6 Å². The van der Waals surface area contributed by atoms with E-state index in [2.05, 4.69) is 5.32 Å². The highest BCUT2D eigenvalue weighted by molar-refractivity contribution is 5.92. The Kier molecular flexibility index (Phi) is 3.90. The van der Waals surface area contributed by atoms with Crippen LogP contribution in [-0.2, 0) is 11.2 Å². The normalized spacial score (nSPS) is 10.3. The molecule has 0 fully saturated rings. The van der Waals surface area contributed by atoms with Crippen molar-refractivity contribution in [3.63, 3.8) is 0 Å². The number of amides is 1. The number of rotatable bonds is 3. The van der Waals surface area contributed by atoms with Gasteiger partial charge in [-0.05, 0) is 30.2 Å². The molecule has 1 amide bonds. The summed E-state index contributed by atoms with van der Waals surface area (Å²) in [7, 11) is 0. The van der Waals surface area contributed by atoms with Gasteiger partial charge in [-0.25, -0.2) is 8.78 Å². The molecule has 0 aliphatic heterocycles. The molecule has 0 aliphatic carbocycles. The van der Waals surface area contributed by atoms with Crippen LogP contribution in [0.15, 0.2) is 42.5 Å². The maximum atomic E-state index is 13.4. The van der Waals surface area contributed by atoms with Crippen LogP contribution < -0.4 is 5.32 Å². The molecule has 0 bridgehead atoms. The molecule has 0 radical (unpaired) electrons. The first-order valence-electron chi connectivity index (χ1n) is 5.85. The number of carbonyl (C=O) groups is 1. The SMILES string of the molecule is Cc1ccccc1NC(=O)Cc1ccc(F)cc1F. The van der Waals surface area contributed by atoms with Crippen molar-refractivity contribution >= 4 is 11.6 Å². The molecule has 2 aromatic carbocycles. The second-order valence-electron chi connectivity index (χ2n) is 4.28. The average molecular weight is 261 g/mol. The monoisotopic (exact) mass is 261 g/mol. The van der Waals surface area contributed by atoms with Crippen molar-refractivity contribution in [1.82, 2.24) is 0 Å². The summed E-state index contributed by atoms with van der Waals surface area (Å²) >= 11 is 0. The molecular weight excluding hydrogens is 248 g/mol. The predicted molar refractivity (Wildman–Crippen MR) is 69.9 cm³/mol. The number of halogens is 2. The minimum Gasteiger partial charge on any atom is -0.326 e. The summed E-state index contributed by atoms with van der Waals surface area (Å²) in [6.45, 7) is 1.87. The first-order valence-corrected chi connectivity index (χ1v) is 5.85. The summed E-state index contributed by atoms with van der Waals surface area (Å²) < 4.78 is 26.2. The van der Waals surface area contributed by atoms with Crippen LogP contribution in [0.4, 0.5) is 14.5 Å². The highest BCUT2D eigenvalue weighted by Crippen LogP contribution is 2.15. The quantitative estimate of drug-likeness (QED) is 0.900. The minimum absolute atomic E-state index is 0.125. The van der Waals surface area contributed by atoms with Crippen LogP contribution in [0.1, 0.15) is 11.1 Å². The summed E-state index contributed by atoms with van der Waals surface area (Å²) in [5.74, 6) is -1.69. The van der Waals surface area contributed by atoms with E-state index in [9.17, 15) is 13.6 Å². The van der Waals surface area contributed by atoms with Gasteiger partial charge in [0.15, 0.2) is 0 Å². The zero-order valence-electron chi connectivity index (χ0n) is 10.4. The molecule has 2 rings (SSSR count). The number of hydrogen-bond donors (Lipinski definition) is 1. The number of para-hydroxylation sites is 1. The van der Waals surface area contributed by atoms with Crippen molar-refractivity contribution in [1.29, 1.82) is 0 Å². The second kappa shape index (κ2) is 5.61. The van der Waals surface area contributed by atoms with Crippen molar-refractivity contribution in [2.45, 2.75) is 13.3 Å². The number of anilines is 1. The lowest BCUT2D eigenvalue weighted by molar-refractivity contribution is -0.115. The van der Waals surface area contributed by atoms with Gasteiger partial charge in [-0.15, -0.1) is 0 Å². The second-order valence-corrected chi connectivity index (χ2v) is 4.28. The first kappa shape index (κ1) is 13.2. The average Bonchev–Trinajstić information content (AvgIpc) is 2.36. The summed E-state index contributed by atoms with van der Waals surface area (Å²) in [5, 5.41) is 2.70. The Morgan fingerprint density at radius 2 is 1.89 bits per heavy atom. The topological polar surface area (TPSA) is 29.1 Å². The van der Waals surface area contributed by atoms with Gasteiger partial charge in [0.05, 0.1) is 6.42 Å². The number of carbonyl (C=O) groups excluding carboxylic acids is 1. The summed E-state index contributed by atoms with van der Waals surface area (Å²) in [5.41, 5.74) is 1.79. The minimum atomic E-state index is -0.708. The third-order valence-corrected chi connectivity index (χ3v) is 2.79. The van der Waals surface area contributed by atoms with Gasteiger partial charge in [0.25, 0.3) is 0 Å². The van der Waals surface area contributed by atoms with Crippen LogP contribution in [0.2, 0.25) is 0 Å². The van der Waals surface area contributed by atoms with E-state index in [-0.39, 0.29) is 17.9 Å². The van der Waals surface area contributed by atoms with E-state index in [1.807, 2.05) is 19.1 Å². The molecule has 19 heavy (non-hydrogen) atoms. The van der Waals surface area contributed by atoms with E-state index in [1.54, 1.807) is 12.1 Å². The zero-order valence-corrected chi connectivity index (χ0v) is 10.4. The summed E-state index contributed by atoms with van der Waals surface area (Å²) in [6.07, 6.45) is -0.125. The van der Waals surface area contributed by atoms with Gasteiger partial charge in [-0.2, -0.15) is 0 Å². The van der Waals surface area contributed by atoms with E-state index < -0.39 is 11.6 Å². The van der Waals surface area contributed by atoms with Crippen LogP contribution >= 0.6 is 0 Å². The predicted octanol–water partition coefficient (Wildman–Crippen LogP) is 3.45. The molecule has 0 atom stereocenters. The van der Waals surface area contributed by atoms with Gasteiger partial charge < -0.3 is 5.32 Å². The van der Waals surface area contributed by atoms with E-state index >= 15 is 0 Å². The summed E-state index contributed by atoms with van der Waals surface area (Å²) in [6, 6.07) is 10.5. The van der Waals surface area contributed by atoms with Gasteiger partial charge >= 0.3 is 0 Å². The van der Waals surface area contributed by atoms with Gasteiger partial charge in [-0.3, -0.25) is 4.79 Å². The molecule has 0 aromatic heterocycles. The Balaban J connectivity index is 2.08. The third-order valence-electron chi connectivity index (χ3n) is 2.79. The summed E-state index contributed by atoms with van der Waals surface area (Å²) in [4.78, 5) is 11.8. The molecule has 0 unspecified atom stereocenters. The fraction of sp³-hybridized carbons (Fsp3) is 0.133. The Bertz CT molecular complexity index is 611. The molecule has 0 saturated carbocycles. The van der Waals surface area contributed by atoms with Gasteiger partial charge in [0, 0.05) is 11.8 Å². The highest BCUT2D eigenvalue weighted by atomic mass is 19.1. The largest absolute Gasteiger partial charge is 0.326 e. The lowest BCUT2D eigenvalue weighted by Crippen LogP contribution is -2.15. The Morgan fingerprint density at radius 1 is 1.16 bits per heavy atom. The van der Waals surface area contributed by atoms with Crippen molar-refractivity contribution < 1.29 is 13.6 Å². The fourth-order valence-electron chi connectivity index (χ4n) is 1.75. The standard InChI is InChI=1S/C15H13F2NO/c1-10-4-2-3-5-14(10)18-15(19)8-11-6-7-12(16)9-13(11)17/h2-7,9H,8H2,1H3,(H,18,19). The maximum Gasteiger partial charge on any atom is 0.228 e. The van der Waals surface area contributed by atoms with Crippen molar-refractivity contribution in [3.05, 3.63) is 65.2 Å². The third kappa shape index (κ3) is 3.37. The fourth-order valence-corrected chi connectivity index (χ4v) is 1.75.